The van der Waals surface area contributed by atoms with Crippen LogP contribution in [-0.4, -0.2) is 26.4 Å². The summed E-state index contributed by atoms with van der Waals surface area (Å²) in [4.78, 5) is 0. The predicted molar refractivity (Wildman–Crippen MR) is 118 cm³/mol. The molecule has 0 spiro atoms. The quantitative estimate of drug-likeness (QED) is 0.236. The molecular weight excluding hydrogens is 478 g/mol. The van der Waals surface area contributed by atoms with E-state index in [1.165, 1.54) is 45.6 Å². The highest BCUT2D eigenvalue weighted by Crippen LogP contribution is 2.52. The number of phenols is 1. The van der Waals surface area contributed by atoms with Crippen molar-refractivity contribution in [3.8, 4) is 34.1 Å². The van der Waals surface area contributed by atoms with Crippen molar-refractivity contribution in [3.63, 3.8) is 0 Å². The topological polar surface area (TPSA) is 47.9 Å². The second-order valence-corrected chi connectivity index (χ2v) is 7.63. The monoisotopic (exact) mass is 496 g/mol. The number of halogens is 6. The fourth-order valence-corrected chi connectivity index (χ4v) is 4.21. The van der Waals surface area contributed by atoms with E-state index in [1.54, 1.807) is 6.07 Å². The van der Waals surface area contributed by atoms with Gasteiger partial charge < -0.3 is 19.3 Å². The Bertz CT molecular complexity index is 1410. The average Bonchev–Trinajstić information content (AvgIpc) is 2.80. The second kappa shape index (κ2) is 8.44. The molecule has 4 aromatic carbocycles. The van der Waals surface area contributed by atoms with Crippen molar-refractivity contribution in [1.82, 2.24) is 0 Å². The highest BCUT2D eigenvalue weighted by atomic mass is 19.4. The van der Waals surface area contributed by atoms with Gasteiger partial charge in [0.15, 0.2) is 0 Å². The van der Waals surface area contributed by atoms with Crippen LogP contribution < -0.4 is 14.2 Å². The van der Waals surface area contributed by atoms with Gasteiger partial charge in [-0.2, -0.15) is 26.3 Å². The summed E-state index contributed by atoms with van der Waals surface area (Å²) in [5.74, 6) is 0.291. The van der Waals surface area contributed by atoms with E-state index in [9.17, 15) is 31.4 Å². The Kier molecular flexibility index (Phi) is 5.86. The standard InChI is InChI=1S/C25H18F6O4/c1-33-18-8-7-15(12-9-13(24(26,27)28)11-14(10-12)25(29,30)31)20-21(18)23(35-3)19-16(22(20)34-2)5-4-6-17(19)32/h4-11,32H,1-3H3. The Hall–Kier alpha value is -3.82. The maximum absolute atomic E-state index is 13.5. The Morgan fingerprint density at radius 1 is 0.657 bits per heavy atom. The van der Waals surface area contributed by atoms with Crippen molar-refractivity contribution in [2.75, 3.05) is 21.3 Å². The summed E-state index contributed by atoms with van der Waals surface area (Å²) in [5, 5.41) is 11.5. The van der Waals surface area contributed by atoms with Gasteiger partial charge in [-0.25, -0.2) is 0 Å². The molecule has 0 saturated heterocycles. The van der Waals surface area contributed by atoms with Gasteiger partial charge in [0.2, 0.25) is 0 Å². The minimum absolute atomic E-state index is 0.0257. The third kappa shape index (κ3) is 4.02. The summed E-state index contributed by atoms with van der Waals surface area (Å²) in [6, 6.07) is 8.65. The number of ether oxygens (including phenoxy) is 3. The number of hydrogen-bond acceptors (Lipinski definition) is 4. The maximum atomic E-state index is 13.5. The summed E-state index contributed by atoms with van der Waals surface area (Å²) in [6.07, 6.45) is -10.0. The van der Waals surface area contributed by atoms with Gasteiger partial charge in [-0.05, 0) is 47.5 Å². The van der Waals surface area contributed by atoms with Crippen molar-refractivity contribution < 1.29 is 45.7 Å². The summed E-state index contributed by atoms with van der Waals surface area (Å²) >= 11 is 0. The van der Waals surface area contributed by atoms with Crippen LogP contribution in [0.15, 0.2) is 48.5 Å². The number of aromatic hydroxyl groups is 1. The Morgan fingerprint density at radius 2 is 1.26 bits per heavy atom. The Morgan fingerprint density at radius 3 is 1.77 bits per heavy atom. The minimum atomic E-state index is -5.02. The molecule has 4 aromatic rings. The molecule has 10 heteroatoms. The Labute approximate surface area is 195 Å². The molecule has 0 bridgehead atoms. The summed E-state index contributed by atoms with van der Waals surface area (Å²) < 4.78 is 97.8. The van der Waals surface area contributed by atoms with Crippen molar-refractivity contribution in [2.45, 2.75) is 12.4 Å². The number of phenolic OH excluding ortho intramolecular Hbond substituents is 1. The van der Waals surface area contributed by atoms with E-state index in [-0.39, 0.29) is 56.3 Å². The molecule has 0 atom stereocenters. The van der Waals surface area contributed by atoms with Crippen LogP contribution >= 0.6 is 0 Å². The smallest absolute Gasteiger partial charge is 0.416 e. The molecule has 0 aliphatic heterocycles. The molecule has 1 N–H and O–H groups in total. The number of rotatable bonds is 4. The van der Waals surface area contributed by atoms with Gasteiger partial charge in [-0.3, -0.25) is 0 Å². The van der Waals surface area contributed by atoms with Crippen LogP contribution in [0.5, 0.6) is 23.0 Å². The largest absolute Gasteiger partial charge is 0.507 e. The first-order valence-corrected chi connectivity index (χ1v) is 10.1. The number of methoxy groups -OCH3 is 3. The van der Waals surface area contributed by atoms with Crippen LogP contribution in [0, 0.1) is 0 Å². The summed E-state index contributed by atoms with van der Waals surface area (Å²) in [5.41, 5.74) is -3.20. The normalized spacial score (nSPS) is 12.3. The van der Waals surface area contributed by atoms with Gasteiger partial charge in [-0.1, -0.05) is 12.1 Å². The van der Waals surface area contributed by atoms with Gasteiger partial charge in [0.1, 0.15) is 23.0 Å². The Balaban J connectivity index is 2.25. The molecule has 0 amide bonds. The van der Waals surface area contributed by atoms with E-state index in [0.29, 0.717) is 17.5 Å². The fourth-order valence-electron chi connectivity index (χ4n) is 4.21. The number of fused-ring (bicyclic) bond motifs is 2. The molecule has 0 heterocycles. The van der Waals surface area contributed by atoms with E-state index in [2.05, 4.69) is 0 Å². The van der Waals surface area contributed by atoms with Crippen LogP contribution in [0.4, 0.5) is 26.3 Å². The van der Waals surface area contributed by atoms with Gasteiger partial charge in [0.25, 0.3) is 0 Å². The molecule has 0 aromatic heterocycles. The van der Waals surface area contributed by atoms with E-state index in [0.717, 1.165) is 0 Å². The zero-order chi connectivity index (χ0) is 25.7. The van der Waals surface area contributed by atoms with Crippen molar-refractivity contribution >= 4 is 21.5 Å². The van der Waals surface area contributed by atoms with Crippen molar-refractivity contribution in [1.29, 1.82) is 0 Å². The lowest BCUT2D eigenvalue weighted by molar-refractivity contribution is -0.143. The first kappa shape index (κ1) is 24.3. The van der Waals surface area contributed by atoms with Crippen LogP contribution in [0.3, 0.4) is 0 Å². The van der Waals surface area contributed by atoms with E-state index in [1.807, 2.05) is 0 Å². The second-order valence-electron chi connectivity index (χ2n) is 7.63. The molecule has 0 saturated carbocycles. The zero-order valence-corrected chi connectivity index (χ0v) is 18.6. The van der Waals surface area contributed by atoms with Crippen LogP contribution in [0.2, 0.25) is 0 Å². The number of alkyl halides is 6. The third-order valence-corrected chi connectivity index (χ3v) is 5.66. The van der Waals surface area contributed by atoms with Gasteiger partial charge in [0.05, 0.1) is 43.2 Å². The third-order valence-electron chi connectivity index (χ3n) is 5.66. The number of hydrogen-bond donors (Lipinski definition) is 1. The molecule has 0 radical (unpaired) electrons. The summed E-state index contributed by atoms with van der Waals surface area (Å²) in [7, 11) is 3.98. The number of benzene rings is 4. The zero-order valence-electron chi connectivity index (χ0n) is 18.6. The molecule has 4 nitrogen and oxygen atoms in total. The molecule has 35 heavy (non-hydrogen) atoms. The van der Waals surface area contributed by atoms with E-state index in [4.69, 9.17) is 14.2 Å². The SMILES string of the molecule is COc1ccc(-c2cc(C(F)(F)F)cc(C(F)(F)F)c2)c2c(OC)c3cccc(O)c3c(OC)c12. The first-order chi connectivity index (χ1) is 16.4. The fraction of sp³-hybridized carbons (Fsp3) is 0.200. The molecule has 4 rings (SSSR count). The van der Waals surface area contributed by atoms with Gasteiger partial charge in [-0.15, -0.1) is 0 Å². The first-order valence-electron chi connectivity index (χ1n) is 10.1. The summed E-state index contributed by atoms with van der Waals surface area (Å²) in [6.45, 7) is 0. The van der Waals surface area contributed by atoms with Crippen molar-refractivity contribution in [2.24, 2.45) is 0 Å². The van der Waals surface area contributed by atoms with Crippen molar-refractivity contribution in [3.05, 3.63) is 59.7 Å². The minimum Gasteiger partial charge on any atom is -0.507 e. The molecule has 0 fully saturated rings. The van der Waals surface area contributed by atoms with Crippen LogP contribution in [0.25, 0.3) is 32.7 Å². The van der Waals surface area contributed by atoms with Crippen LogP contribution in [-0.2, 0) is 12.4 Å². The molecule has 0 aliphatic rings. The maximum Gasteiger partial charge on any atom is 0.416 e. The molecular formula is C25H18F6O4. The van der Waals surface area contributed by atoms with Gasteiger partial charge >= 0.3 is 12.4 Å². The van der Waals surface area contributed by atoms with E-state index >= 15 is 0 Å². The highest BCUT2D eigenvalue weighted by Gasteiger charge is 2.37. The average molecular weight is 496 g/mol. The van der Waals surface area contributed by atoms with Gasteiger partial charge in [0, 0.05) is 10.8 Å². The van der Waals surface area contributed by atoms with Crippen LogP contribution in [0.1, 0.15) is 11.1 Å². The lowest BCUT2D eigenvalue weighted by Gasteiger charge is -2.21. The molecule has 0 unspecified atom stereocenters. The lowest BCUT2D eigenvalue weighted by atomic mass is 9.91. The molecule has 184 valence electrons. The molecule has 0 aliphatic carbocycles. The lowest BCUT2D eigenvalue weighted by Crippen LogP contribution is -2.11. The van der Waals surface area contributed by atoms with E-state index < -0.39 is 23.5 Å². The predicted octanol–water partition coefficient (Wildman–Crippen LogP) is 7.43. The highest BCUT2D eigenvalue weighted by molar-refractivity contribution is 6.19.